The average Bonchev–Trinajstić information content (AvgIpc) is 3.48. The van der Waals surface area contributed by atoms with Crippen molar-refractivity contribution < 1.29 is 51.2 Å². The first kappa shape index (κ1) is 53.7. The van der Waals surface area contributed by atoms with Crippen molar-refractivity contribution in [1.29, 1.82) is 0 Å². The van der Waals surface area contributed by atoms with Crippen molar-refractivity contribution in [3.05, 3.63) is 186 Å². The number of Topliss-reactive ketones (excluding diaryl/α,β-unsaturated/α-hetero) is 1. The van der Waals surface area contributed by atoms with Crippen molar-refractivity contribution in [3.8, 4) is 23.0 Å². The number of rotatable bonds is 24. The number of hydrogen-bond acceptors (Lipinski definition) is 11. The van der Waals surface area contributed by atoms with Crippen molar-refractivity contribution >= 4 is 57.5 Å². The minimum Gasteiger partial charge on any atom is -0.871 e. The summed E-state index contributed by atoms with van der Waals surface area (Å²) in [5, 5.41) is 20.6. The van der Waals surface area contributed by atoms with Gasteiger partial charge in [0.15, 0.2) is 5.78 Å². The fourth-order valence-corrected chi connectivity index (χ4v) is 11.2. The van der Waals surface area contributed by atoms with Gasteiger partial charge >= 0.3 is 17.2 Å². The van der Waals surface area contributed by atoms with Crippen LogP contribution in [0.25, 0.3) is 5.57 Å². The second-order valence-corrected chi connectivity index (χ2v) is 20.8. The van der Waals surface area contributed by atoms with Crippen LogP contribution in [0.1, 0.15) is 82.6 Å². The van der Waals surface area contributed by atoms with Crippen LogP contribution in [0.5, 0.6) is 23.0 Å². The van der Waals surface area contributed by atoms with E-state index in [0.717, 1.165) is 76.1 Å². The molecule has 0 unspecified atom stereocenters. The van der Waals surface area contributed by atoms with Gasteiger partial charge in [0.2, 0.25) is 17.5 Å². The maximum atomic E-state index is 14.5. The number of piperidine rings is 2. The zero-order chi connectivity index (χ0) is 52.3. The second-order valence-electron chi connectivity index (χ2n) is 18.7. The van der Waals surface area contributed by atoms with Crippen LogP contribution in [0.2, 0.25) is 0 Å². The maximum absolute atomic E-state index is 14.5. The zero-order valence-corrected chi connectivity index (χ0v) is 44.4. The molecule has 14 nitrogen and oxygen atoms in total. The number of unbranched alkanes of at least 4 members (excludes halogenated alkanes) is 2. The van der Waals surface area contributed by atoms with Gasteiger partial charge in [-0.2, -0.15) is 0 Å². The third-order valence-corrected chi connectivity index (χ3v) is 15.4. The molecule has 4 aliphatic rings. The van der Waals surface area contributed by atoms with Gasteiger partial charge in [-0.15, -0.1) is 0 Å². The molecule has 5 aromatic carbocycles. The fraction of sp³-hybridized carbons (Fsp3) is 0.300. The Balaban J connectivity index is 0.867. The van der Waals surface area contributed by atoms with Crippen molar-refractivity contribution in [2.24, 2.45) is 0 Å². The molecule has 0 spiro atoms. The van der Waals surface area contributed by atoms with Gasteiger partial charge in [-0.25, -0.2) is 4.58 Å². The molecule has 2 aliphatic carbocycles. The predicted octanol–water partition coefficient (Wildman–Crippen LogP) is 11.9. The number of nitrogens with zero attached hydrogens (tertiary/aromatic N) is 2. The molecule has 0 bridgehead atoms. The number of nitrogens with one attached hydrogen (secondary N) is 2. The number of hydrogen-bond donors (Lipinski definition) is 2. The van der Waals surface area contributed by atoms with E-state index in [-0.39, 0.29) is 35.8 Å². The first-order valence-electron chi connectivity index (χ1n) is 26.3. The fourth-order valence-electron chi connectivity index (χ4n) is 9.18. The summed E-state index contributed by atoms with van der Waals surface area (Å²) in [6, 6.07) is 42.9. The van der Waals surface area contributed by atoms with Crippen molar-refractivity contribution in [1.82, 2.24) is 5.32 Å². The molecule has 2 amide bonds. The molecule has 394 valence electrons. The molecule has 0 atom stereocenters. The van der Waals surface area contributed by atoms with E-state index in [2.05, 4.69) is 20.1 Å². The molecule has 9 rings (SSSR count). The van der Waals surface area contributed by atoms with Crippen LogP contribution in [0.15, 0.2) is 180 Å². The van der Waals surface area contributed by atoms with Gasteiger partial charge < -0.3 is 38.7 Å². The largest absolute Gasteiger partial charge is 0.871 e. The van der Waals surface area contributed by atoms with Crippen LogP contribution in [0, 0.1) is 0 Å². The predicted molar refractivity (Wildman–Crippen MR) is 296 cm³/mol. The summed E-state index contributed by atoms with van der Waals surface area (Å²) in [7, 11) is -3.54. The minimum absolute atomic E-state index is 0.00101. The number of ketones is 1. The third kappa shape index (κ3) is 15.1. The van der Waals surface area contributed by atoms with E-state index in [4.69, 9.17) is 27.1 Å². The molecule has 2 aliphatic heterocycles. The highest BCUT2D eigenvalue weighted by Gasteiger charge is 2.35. The summed E-state index contributed by atoms with van der Waals surface area (Å²) in [5.41, 5.74) is 3.35. The van der Waals surface area contributed by atoms with Crippen LogP contribution in [-0.2, 0) is 23.4 Å². The van der Waals surface area contributed by atoms with Crippen LogP contribution in [0.3, 0.4) is 0 Å². The van der Waals surface area contributed by atoms with Gasteiger partial charge in [0.25, 0.3) is 0 Å². The summed E-state index contributed by atoms with van der Waals surface area (Å²) in [4.78, 5) is 44.2. The molecule has 5 aromatic rings. The number of anilines is 2. The lowest BCUT2D eigenvalue weighted by Gasteiger charge is -2.35. The normalized spacial score (nSPS) is 16.6. The number of carbonyl (C=O) groups excluding carboxylic acids is 3. The lowest BCUT2D eigenvalue weighted by molar-refractivity contribution is -0.535. The second kappa shape index (κ2) is 27.6. The van der Waals surface area contributed by atoms with E-state index in [1.54, 1.807) is 12.1 Å². The SMILES string of the molecule is O=C(CCCCOP(Oc1ccccc1)Oc1ccccc1)NC1=CC(=[N+]2CCCCC2)C=C/C1=C1\C(=O)C(c2ccc(N3CCCCC3)cc2NC(=O)CCCCOP(Oc2ccccc2)Oc2ccccc2)=C1[O-]. The van der Waals surface area contributed by atoms with E-state index in [9.17, 15) is 19.5 Å². The van der Waals surface area contributed by atoms with Crippen LogP contribution in [-0.4, -0.2) is 67.3 Å². The Bertz CT molecular complexity index is 2840. The lowest BCUT2D eigenvalue weighted by Crippen LogP contribution is -2.35. The summed E-state index contributed by atoms with van der Waals surface area (Å²) >= 11 is 0. The first-order valence-corrected chi connectivity index (χ1v) is 28.5. The molecule has 2 heterocycles. The van der Waals surface area contributed by atoms with E-state index in [0.29, 0.717) is 84.4 Å². The van der Waals surface area contributed by atoms with Gasteiger partial charge in [-0.05, 0) is 118 Å². The van der Waals surface area contributed by atoms with E-state index in [1.807, 2.05) is 146 Å². The minimum atomic E-state index is -1.77. The number of amides is 2. The highest BCUT2D eigenvalue weighted by molar-refractivity contribution is 7.42. The number of carbonyl (C=O) groups is 3. The molecule has 16 heteroatoms. The van der Waals surface area contributed by atoms with Crippen LogP contribution >= 0.6 is 17.2 Å². The Morgan fingerprint density at radius 1 is 0.566 bits per heavy atom. The van der Waals surface area contributed by atoms with Crippen LogP contribution in [0.4, 0.5) is 11.4 Å². The van der Waals surface area contributed by atoms with Crippen molar-refractivity contribution in [2.45, 2.75) is 77.0 Å². The van der Waals surface area contributed by atoms with Gasteiger partial charge in [0.05, 0.1) is 24.6 Å². The van der Waals surface area contributed by atoms with Gasteiger partial charge in [0, 0.05) is 78.9 Å². The Kier molecular flexibility index (Phi) is 19.5. The molecule has 76 heavy (non-hydrogen) atoms. The van der Waals surface area contributed by atoms with E-state index >= 15 is 0 Å². The monoisotopic (exact) mass is 1060 g/mol. The highest BCUT2D eigenvalue weighted by atomic mass is 31.2. The van der Waals surface area contributed by atoms with Gasteiger partial charge in [0.1, 0.15) is 36.1 Å². The van der Waals surface area contributed by atoms with Gasteiger partial charge in [-0.1, -0.05) is 84.6 Å². The summed E-state index contributed by atoms with van der Waals surface area (Å²) in [5.74, 6) is 1.09. The van der Waals surface area contributed by atoms with Crippen LogP contribution < -0.4 is 38.7 Å². The summed E-state index contributed by atoms with van der Waals surface area (Å²) in [6.07, 6.45) is 14.5. The topological polar surface area (TPSA) is 160 Å². The molecule has 2 N–H and O–H groups in total. The number of allylic oxidation sites excluding steroid dienone is 5. The molecule has 2 fully saturated rings. The van der Waals surface area contributed by atoms with Crippen molar-refractivity contribution in [2.75, 3.05) is 49.6 Å². The quantitative estimate of drug-likeness (QED) is 0.0262. The van der Waals surface area contributed by atoms with E-state index < -0.39 is 28.7 Å². The summed E-state index contributed by atoms with van der Waals surface area (Å²) in [6.45, 7) is 4.06. The average molecular weight is 1060 g/mol. The van der Waals surface area contributed by atoms with Gasteiger partial charge in [-0.3, -0.25) is 23.4 Å². The molecular weight excluding hydrogens is 999 g/mol. The Morgan fingerprint density at radius 3 is 1.55 bits per heavy atom. The first-order chi connectivity index (χ1) is 37.3. The molecule has 0 radical (unpaired) electrons. The van der Waals surface area contributed by atoms with Crippen molar-refractivity contribution in [3.63, 3.8) is 0 Å². The smallest absolute Gasteiger partial charge is 0.463 e. The van der Waals surface area contributed by atoms with E-state index in [1.165, 1.54) is 0 Å². The lowest BCUT2D eigenvalue weighted by atomic mass is 9.78. The number of benzene rings is 5. The molecule has 0 saturated carbocycles. The maximum Gasteiger partial charge on any atom is 0.463 e. The zero-order valence-electron chi connectivity index (χ0n) is 42.6. The molecule has 2 saturated heterocycles. The Labute approximate surface area is 447 Å². The Morgan fingerprint density at radius 2 is 1.05 bits per heavy atom. The Hall–Kier alpha value is -7.08. The number of para-hydroxylation sites is 4. The molecule has 0 aromatic heterocycles. The molecular formula is C60H64N4O10P2. The third-order valence-electron chi connectivity index (χ3n) is 13.1. The summed E-state index contributed by atoms with van der Waals surface area (Å²) < 4.78 is 38.6. The highest BCUT2D eigenvalue weighted by Crippen LogP contribution is 2.45. The standard InChI is InChI=1S/C60H64N4O10P2/c65-55(31-15-21-41-69-75(71-47-23-7-1-8-24-47)72-48-25-9-2-10-26-48)61-53-43-45(63-37-17-5-18-38-63)33-35-51(53)57-59(67)58(60(57)68)52-36-34-46(64-39-19-6-20-40-64)44-54(52)62-56(66)32-16-22-42-70-76(73-49-27-11-3-12-28-49)74-50-29-13-4-14-30-50/h1-4,7-14,23-30,33-36,43-44H,5-6,15-22,31-32,37-42H2,(H2,61,62,65,66,67,68).